The summed E-state index contributed by atoms with van der Waals surface area (Å²) in [6.45, 7) is 0. The Morgan fingerprint density at radius 3 is 2.35 bits per heavy atom. The smallest absolute Gasteiger partial charge is 0.374 e. The molecule has 1 saturated heterocycles. The molecule has 2 unspecified atom stereocenters. The van der Waals surface area contributed by atoms with Gasteiger partial charge in [-0.05, 0) is 24.3 Å². The second-order valence-electron chi connectivity index (χ2n) is 4.03. The molecule has 20 heavy (non-hydrogen) atoms. The van der Waals surface area contributed by atoms with E-state index in [0.717, 1.165) is 24.3 Å². The van der Waals surface area contributed by atoms with Crippen molar-refractivity contribution in [1.29, 1.82) is 0 Å². The highest BCUT2D eigenvalue weighted by Crippen LogP contribution is 2.29. The number of aliphatic hydroxyl groups is 1. The zero-order chi connectivity index (χ0) is 14.9. The summed E-state index contributed by atoms with van der Waals surface area (Å²) in [4.78, 5) is 27.1. The van der Waals surface area contributed by atoms with Crippen LogP contribution in [0.15, 0.2) is 24.3 Å². The summed E-state index contributed by atoms with van der Waals surface area (Å²) in [7, 11) is 0. The molecule has 1 aromatic carbocycles. The predicted octanol–water partition coefficient (Wildman–Crippen LogP) is 0.640. The Balaban J connectivity index is 2.07. The normalized spacial score (nSPS) is 22.5. The second-order valence-corrected chi connectivity index (χ2v) is 4.03. The molecule has 2 rings (SSSR count). The topological polar surface area (TPSA) is 87.7 Å². The van der Waals surface area contributed by atoms with Gasteiger partial charge in [0.05, 0.1) is 5.56 Å². The Morgan fingerprint density at radius 1 is 1.30 bits per heavy atom. The second kappa shape index (κ2) is 5.10. The summed E-state index contributed by atoms with van der Waals surface area (Å²) in [5.74, 6) is -3.33. The number of benzene rings is 1. The Labute approximate surface area is 110 Å². The number of nitrogens with one attached hydrogen (secondary N) is 2. The van der Waals surface area contributed by atoms with Gasteiger partial charge in [-0.15, -0.1) is 5.48 Å². The minimum atomic E-state index is -4.47. The average molecular weight is 290 g/mol. The molecule has 1 heterocycles. The van der Waals surface area contributed by atoms with Crippen LogP contribution in [0.2, 0.25) is 0 Å². The first-order chi connectivity index (χ1) is 9.29. The fraction of sp³-hybridized carbons (Fsp3) is 0.273. The van der Waals surface area contributed by atoms with Crippen molar-refractivity contribution < 1.29 is 32.7 Å². The maximum atomic E-state index is 12.3. The molecule has 0 aromatic heterocycles. The zero-order valence-electron chi connectivity index (χ0n) is 9.77. The van der Waals surface area contributed by atoms with Crippen LogP contribution in [0.1, 0.15) is 5.56 Å². The van der Waals surface area contributed by atoms with Crippen LogP contribution in [0, 0.1) is 5.92 Å². The lowest BCUT2D eigenvalue weighted by molar-refractivity contribution is -0.147. The van der Waals surface area contributed by atoms with Gasteiger partial charge in [-0.2, -0.15) is 13.2 Å². The zero-order valence-corrected chi connectivity index (χ0v) is 9.77. The molecule has 1 aliphatic heterocycles. The molecule has 3 N–H and O–H groups in total. The van der Waals surface area contributed by atoms with Crippen LogP contribution in [-0.2, 0) is 20.6 Å². The third-order valence-corrected chi connectivity index (χ3v) is 2.61. The van der Waals surface area contributed by atoms with Gasteiger partial charge in [0.25, 0.3) is 0 Å². The van der Waals surface area contributed by atoms with E-state index < -0.39 is 35.8 Å². The van der Waals surface area contributed by atoms with E-state index in [2.05, 4.69) is 10.2 Å². The summed E-state index contributed by atoms with van der Waals surface area (Å²) >= 11 is 0. The highest BCUT2D eigenvalue weighted by atomic mass is 19.4. The van der Waals surface area contributed by atoms with Gasteiger partial charge >= 0.3 is 12.1 Å². The van der Waals surface area contributed by atoms with Crippen LogP contribution < -0.4 is 10.8 Å². The fourth-order valence-corrected chi connectivity index (χ4v) is 1.59. The van der Waals surface area contributed by atoms with E-state index in [0.29, 0.717) is 0 Å². The van der Waals surface area contributed by atoms with Crippen molar-refractivity contribution in [3.8, 4) is 0 Å². The first kappa shape index (κ1) is 14.3. The van der Waals surface area contributed by atoms with Crippen LogP contribution in [0.3, 0.4) is 0 Å². The van der Waals surface area contributed by atoms with Crippen molar-refractivity contribution in [3.63, 3.8) is 0 Å². The number of carbonyl (C=O) groups is 2. The van der Waals surface area contributed by atoms with Crippen molar-refractivity contribution >= 4 is 17.6 Å². The largest absolute Gasteiger partial charge is 0.416 e. The molecule has 108 valence electrons. The number of rotatable bonds is 2. The number of aliphatic hydroxyl groups excluding tert-OH is 1. The van der Waals surface area contributed by atoms with Gasteiger partial charge in [-0.3, -0.25) is 4.79 Å². The van der Waals surface area contributed by atoms with Gasteiger partial charge in [0.2, 0.25) is 5.91 Å². The van der Waals surface area contributed by atoms with Crippen molar-refractivity contribution in [1.82, 2.24) is 5.48 Å². The van der Waals surface area contributed by atoms with Gasteiger partial charge in [0.1, 0.15) is 0 Å². The third kappa shape index (κ3) is 2.89. The molecule has 1 aromatic rings. The summed E-state index contributed by atoms with van der Waals surface area (Å²) < 4.78 is 37.0. The van der Waals surface area contributed by atoms with Gasteiger partial charge in [-0.25, -0.2) is 4.79 Å². The van der Waals surface area contributed by atoms with E-state index in [-0.39, 0.29) is 5.69 Å². The summed E-state index contributed by atoms with van der Waals surface area (Å²) in [5.41, 5.74) is 1.11. The maximum absolute atomic E-state index is 12.3. The number of hydroxylamine groups is 1. The highest BCUT2D eigenvalue weighted by Gasteiger charge is 2.41. The monoisotopic (exact) mass is 290 g/mol. The Morgan fingerprint density at radius 2 is 1.90 bits per heavy atom. The Kier molecular flexibility index (Phi) is 3.64. The summed E-state index contributed by atoms with van der Waals surface area (Å²) in [6.07, 6.45) is -5.98. The molecule has 1 fully saturated rings. The molecule has 0 spiro atoms. The number of hydrogen-bond donors (Lipinski definition) is 3. The number of anilines is 1. The number of hydrogen-bond acceptors (Lipinski definition) is 5. The van der Waals surface area contributed by atoms with Crippen molar-refractivity contribution in [3.05, 3.63) is 29.8 Å². The van der Waals surface area contributed by atoms with Gasteiger partial charge in [-0.1, -0.05) is 0 Å². The molecule has 1 aliphatic rings. The molecule has 2 atom stereocenters. The van der Waals surface area contributed by atoms with Crippen molar-refractivity contribution in [2.24, 2.45) is 5.92 Å². The lowest BCUT2D eigenvalue weighted by Gasteiger charge is -2.11. The van der Waals surface area contributed by atoms with Crippen LogP contribution >= 0.6 is 0 Å². The lowest BCUT2D eigenvalue weighted by atomic mass is 10.1. The first-order valence-corrected chi connectivity index (χ1v) is 5.41. The van der Waals surface area contributed by atoms with Crippen molar-refractivity contribution in [2.75, 3.05) is 5.32 Å². The van der Waals surface area contributed by atoms with E-state index in [1.165, 1.54) is 0 Å². The van der Waals surface area contributed by atoms with E-state index >= 15 is 0 Å². The van der Waals surface area contributed by atoms with E-state index in [9.17, 15) is 27.9 Å². The number of amides is 1. The Bertz CT molecular complexity index is 529. The molecule has 0 aliphatic carbocycles. The molecule has 1 amide bonds. The molecule has 9 heteroatoms. The number of alkyl halides is 3. The van der Waals surface area contributed by atoms with Crippen molar-refractivity contribution in [2.45, 2.75) is 12.4 Å². The van der Waals surface area contributed by atoms with E-state index in [4.69, 9.17) is 0 Å². The molecule has 0 radical (unpaired) electrons. The molecular weight excluding hydrogens is 281 g/mol. The van der Waals surface area contributed by atoms with E-state index in [1.54, 1.807) is 0 Å². The average Bonchev–Trinajstić information content (AvgIpc) is 2.68. The quantitative estimate of drug-likeness (QED) is 0.696. The van der Waals surface area contributed by atoms with Crippen LogP contribution in [0.25, 0.3) is 0 Å². The number of carbonyl (C=O) groups excluding carboxylic acids is 2. The van der Waals surface area contributed by atoms with Crippen LogP contribution in [-0.4, -0.2) is 23.2 Å². The standard InChI is InChI=1S/C11H9F3N2O4/c12-11(13,14)5-1-3-6(4-2-5)15-8(17)7-9(18)16-20-10(7)19/h1-4,7,9,16,18H,(H,15,17). The van der Waals surface area contributed by atoms with Gasteiger partial charge in [0, 0.05) is 5.69 Å². The van der Waals surface area contributed by atoms with Crippen LogP contribution in [0.4, 0.5) is 18.9 Å². The maximum Gasteiger partial charge on any atom is 0.416 e. The Hall–Kier alpha value is -2.13. The summed E-state index contributed by atoms with van der Waals surface area (Å²) in [5, 5.41) is 11.5. The molecule has 0 saturated carbocycles. The lowest BCUT2D eigenvalue weighted by Crippen LogP contribution is -2.36. The minimum Gasteiger partial charge on any atom is -0.374 e. The highest BCUT2D eigenvalue weighted by molar-refractivity contribution is 6.05. The molecule has 0 bridgehead atoms. The third-order valence-electron chi connectivity index (χ3n) is 2.61. The molecular formula is C11H9F3N2O4. The first-order valence-electron chi connectivity index (χ1n) is 5.41. The van der Waals surface area contributed by atoms with E-state index in [1.807, 2.05) is 5.48 Å². The predicted molar refractivity (Wildman–Crippen MR) is 58.8 cm³/mol. The SMILES string of the molecule is O=C(Nc1ccc(C(F)(F)F)cc1)C1C(=O)ONC1O. The van der Waals surface area contributed by atoms with Crippen LogP contribution in [0.5, 0.6) is 0 Å². The minimum absolute atomic E-state index is 0.0647. The van der Waals surface area contributed by atoms with Gasteiger partial charge in [0.15, 0.2) is 12.1 Å². The number of halogens is 3. The fourth-order valence-electron chi connectivity index (χ4n) is 1.59. The van der Waals surface area contributed by atoms with Gasteiger partial charge < -0.3 is 15.3 Å². The molecule has 6 nitrogen and oxygen atoms in total. The summed E-state index contributed by atoms with van der Waals surface area (Å²) in [6, 6.07) is 3.66.